The zero-order chi connectivity index (χ0) is 24.4. The van der Waals surface area contributed by atoms with Crippen LogP contribution in [0.15, 0.2) is 63.9 Å². The van der Waals surface area contributed by atoms with Crippen LogP contribution in [0.3, 0.4) is 0 Å². The Hall–Kier alpha value is -2.15. The van der Waals surface area contributed by atoms with Crippen molar-refractivity contribution < 1.29 is 22.9 Å². The Morgan fingerprint density at radius 3 is 1.82 bits per heavy atom. The summed E-state index contributed by atoms with van der Waals surface area (Å²) >= 11 is 4.88. The summed E-state index contributed by atoms with van der Waals surface area (Å²) in [7, 11) is 4.00. The molecule has 5 heterocycles. The molecule has 0 aromatic carbocycles. The van der Waals surface area contributed by atoms with Crippen molar-refractivity contribution in [1.29, 1.82) is 0 Å². The van der Waals surface area contributed by atoms with E-state index in [2.05, 4.69) is 87.9 Å². The fourth-order valence-corrected chi connectivity index (χ4v) is 5.94. The molecule has 9 heteroatoms. The molecule has 0 N–H and O–H groups in total. The van der Waals surface area contributed by atoms with Gasteiger partial charge in [-0.25, -0.2) is 9.13 Å². The zero-order valence-corrected chi connectivity index (χ0v) is 24.4. The zero-order valence-electron chi connectivity index (χ0n) is 20.1. The van der Waals surface area contributed by atoms with Crippen LogP contribution in [0.1, 0.15) is 30.8 Å². The minimum Gasteiger partial charge on any atom is -0.601 e. The first-order valence-corrected chi connectivity index (χ1v) is 13.3. The van der Waals surface area contributed by atoms with E-state index in [1.54, 1.807) is 0 Å². The van der Waals surface area contributed by atoms with Gasteiger partial charge in [0.25, 0.3) is 0 Å². The van der Waals surface area contributed by atoms with Crippen LogP contribution in [0.2, 0.25) is 0 Å². The maximum Gasteiger partial charge on any atom is 0.780 e. The first-order valence-electron chi connectivity index (χ1n) is 11.2. The van der Waals surface area contributed by atoms with E-state index in [0.29, 0.717) is 0 Å². The molecule has 0 aliphatic carbocycles. The third-order valence-corrected chi connectivity index (χ3v) is 9.88. The number of rotatable bonds is 4. The molecule has 0 unspecified atom stereocenters. The smallest absolute Gasteiger partial charge is 0.601 e. The Kier molecular flexibility index (Phi) is 5.90. The maximum absolute atomic E-state index is 7.00. The fraction of sp³-hybridized carbons (Fsp3) is 0.240. The number of hydrogen-bond acceptors (Lipinski definition) is 2. The maximum atomic E-state index is 7.00. The van der Waals surface area contributed by atoms with E-state index in [9.17, 15) is 0 Å². The Morgan fingerprint density at radius 1 is 0.824 bits per heavy atom. The van der Waals surface area contributed by atoms with Crippen LogP contribution < -0.4 is 18.4 Å². The second-order valence-corrected chi connectivity index (χ2v) is 11.1. The number of hydrogen-bond donors (Lipinski definition) is 0. The van der Waals surface area contributed by atoms with Crippen LogP contribution in [-0.4, -0.2) is 21.5 Å². The van der Waals surface area contributed by atoms with Gasteiger partial charge in [0, 0.05) is 57.8 Å². The van der Waals surface area contributed by atoms with Gasteiger partial charge in [0.2, 0.25) is 0 Å². The van der Waals surface area contributed by atoms with Crippen molar-refractivity contribution in [3.05, 3.63) is 84.4 Å². The minimum absolute atomic E-state index is 0.750. The molecule has 0 bridgehead atoms. The van der Waals surface area contributed by atoms with Crippen LogP contribution in [0.5, 0.6) is 11.5 Å². The number of nitrogens with zero attached hydrogens (tertiary/aromatic N) is 4. The van der Waals surface area contributed by atoms with E-state index in [1.165, 1.54) is 18.3 Å². The summed E-state index contributed by atoms with van der Waals surface area (Å²) in [6.45, 7) is 6.42. The lowest BCUT2D eigenvalue weighted by Gasteiger charge is -2.41. The average molecular weight is 680 g/mol. The number of fused-ring (bicyclic) bond motifs is 2. The van der Waals surface area contributed by atoms with Gasteiger partial charge in [-0.3, -0.25) is 0 Å². The topological polar surface area (TPSA) is 34.2 Å². The fourth-order valence-electron chi connectivity index (χ4n) is 4.86. The van der Waals surface area contributed by atoms with Crippen molar-refractivity contribution in [3.63, 3.8) is 0 Å². The molecule has 0 saturated carbocycles. The molecule has 2 aliphatic heterocycles. The number of aromatic nitrogens is 3. The summed E-state index contributed by atoms with van der Waals surface area (Å²) in [5.41, 5.74) is 6.95. The van der Waals surface area contributed by atoms with Gasteiger partial charge in [-0.05, 0) is 71.5 Å². The van der Waals surface area contributed by atoms with Gasteiger partial charge in [-0.1, -0.05) is 0 Å². The second-order valence-electron chi connectivity index (χ2n) is 8.97. The summed E-state index contributed by atoms with van der Waals surface area (Å²) in [6.07, 6.45) is 10.2. The minimum atomic E-state index is -2.22. The molecule has 34 heavy (non-hydrogen) atoms. The lowest BCUT2D eigenvalue weighted by molar-refractivity contribution is -0.671. The lowest BCUT2D eigenvalue weighted by atomic mass is 9.80. The van der Waals surface area contributed by atoms with E-state index in [-0.39, 0.29) is 0 Å². The first-order chi connectivity index (χ1) is 16.1. The molecular formula is C25H27BI2N4O2+2. The van der Waals surface area contributed by atoms with Gasteiger partial charge in [0.1, 0.15) is 19.8 Å². The first kappa shape index (κ1) is 23.6. The SMILES string of the molecule is CC1=C(I)C(C)=[N+]2C1=Cc1c(C)c(I)c(C)n1[B-]2(Oc1cc[n+](C)cc1)Oc1cc[n+](C)cc1. The molecule has 174 valence electrons. The predicted octanol–water partition coefficient (Wildman–Crippen LogP) is 4.35. The van der Waals surface area contributed by atoms with E-state index in [0.717, 1.165) is 34.3 Å². The second kappa shape index (κ2) is 8.51. The third-order valence-electron chi connectivity index (χ3n) is 6.70. The molecule has 5 rings (SSSR count). The van der Waals surface area contributed by atoms with Gasteiger partial charge < -0.3 is 18.3 Å². The standard InChI is InChI=1S/C25H27BI2N4O2/c1-16-22-15-23-17(2)25(28)19(4)32(23)26(31(22)18(3)24(16)27,33-20-7-11-29(5)12-8-20)34-21-9-13-30(6)14-10-21/h7-15H,1-6H3/q+2. The Balaban J connectivity index is 1.84. The summed E-state index contributed by atoms with van der Waals surface area (Å²) in [5.74, 6) is 1.50. The van der Waals surface area contributed by atoms with Crippen molar-refractivity contribution >= 4 is 63.8 Å². The van der Waals surface area contributed by atoms with Gasteiger partial charge in [-0.15, -0.1) is 0 Å². The van der Waals surface area contributed by atoms with E-state index in [4.69, 9.17) is 9.31 Å². The molecule has 0 fully saturated rings. The van der Waals surface area contributed by atoms with Crippen molar-refractivity contribution in [2.24, 2.45) is 14.1 Å². The average Bonchev–Trinajstić information content (AvgIpc) is 3.17. The van der Waals surface area contributed by atoms with Crippen molar-refractivity contribution in [2.45, 2.75) is 27.7 Å². The Bertz CT molecular complexity index is 1370. The van der Waals surface area contributed by atoms with Crippen molar-refractivity contribution in [2.75, 3.05) is 0 Å². The van der Waals surface area contributed by atoms with Crippen LogP contribution in [-0.2, 0) is 14.1 Å². The monoisotopic (exact) mass is 680 g/mol. The van der Waals surface area contributed by atoms with Crippen molar-refractivity contribution in [3.8, 4) is 11.5 Å². The van der Waals surface area contributed by atoms with E-state index in [1.807, 2.05) is 72.3 Å². The van der Waals surface area contributed by atoms with Crippen LogP contribution in [0.4, 0.5) is 0 Å². The van der Waals surface area contributed by atoms with Gasteiger partial charge >= 0.3 is 6.82 Å². The molecule has 0 atom stereocenters. The normalized spacial score (nSPS) is 16.4. The Morgan fingerprint density at radius 2 is 1.32 bits per heavy atom. The molecule has 0 amide bonds. The van der Waals surface area contributed by atoms with Crippen LogP contribution in [0.25, 0.3) is 6.08 Å². The Labute approximate surface area is 227 Å². The van der Waals surface area contributed by atoms with E-state index < -0.39 is 6.82 Å². The van der Waals surface area contributed by atoms with E-state index >= 15 is 0 Å². The van der Waals surface area contributed by atoms with Gasteiger partial charge in [0.05, 0.1) is 15.1 Å². The molecule has 3 aromatic rings. The molecule has 2 aliphatic rings. The predicted molar refractivity (Wildman–Crippen MR) is 150 cm³/mol. The quantitative estimate of drug-likeness (QED) is 0.234. The van der Waals surface area contributed by atoms with Crippen LogP contribution in [0, 0.1) is 17.4 Å². The number of allylic oxidation sites excluding steroid dienone is 2. The van der Waals surface area contributed by atoms with Gasteiger partial charge in [0.15, 0.2) is 30.5 Å². The number of halogens is 2. The molecular weight excluding hydrogens is 653 g/mol. The highest BCUT2D eigenvalue weighted by Crippen LogP contribution is 2.42. The van der Waals surface area contributed by atoms with Gasteiger partial charge in [-0.2, -0.15) is 0 Å². The highest BCUT2D eigenvalue weighted by molar-refractivity contribution is 14.1. The molecule has 0 radical (unpaired) electrons. The molecule has 0 saturated heterocycles. The van der Waals surface area contributed by atoms with Crippen LogP contribution >= 0.6 is 45.2 Å². The highest BCUT2D eigenvalue weighted by atomic mass is 127. The molecule has 0 spiro atoms. The number of aryl methyl sites for hydroxylation is 2. The van der Waals surface area contributed by atoms with Crippen molar-refractivity contribution in [1.82, 2.24) is 4.48 Å². The lowest BCUT2D eigenvalue weighted by Crippen LogP contribution is -2.67. The molecule has 3 aromatic heterocycles. The number of pyridine rings is 2. The molecule has 6 nitrogen and oxygen atoms in total. The summed E-state index contributed by atoms with van der Waals surface area (Å²) in [4.78, 5) is 0. The summed E-state index contributed by atoms with van der Waals surface area (Å²) < 4.78 is 25.0. The summed E-state index contributed by atoms with van der Waals surface area (Å²) in [6, 6.07) is 7.96. The highest BCUT2D eigenvalue weighted by Gasteiger charge is 2.60. The largest absolute Gasteiger partial charge is 0.780 e. The summed E-state index contributed by atoms with van der Waals surface area (Å²) in [5, 5.41) is 0. The third kappa shape index (κ3) is 3.54.